The fourth-order valence-electron chi connectivity index (χ4n) is 2.08. The van der Waals surface area contributed by atoms with Crippen LogP contribution in [0.4, 0.5) is 4.39 Å². The molecule has 23 heavy (non-hydrogen) atoms. The van der Waals surface area contributed by atoms with Crippen molar-refractivity contribution in [2.24, 2.45) is 7.05 Å². The van der Waals surface area contributed by atoms with Crippen LogP contribution in [0.5, 0.6) is 5.75 Å². The first kappa shape index (κ1) is 17.0. The van der Waals surface area contributed by atoms with E-state index >= 15 is 0 Å². The SMILES string of the molecule is CCOCOc1cccc(CNC(=O)c2cc(C)nn2C)c1F. The van der Waals surface area contributed by atoms with Gasteiger partial charge in [-0.3, -0.25) is 9.48 Å². The van der Waals surface area contributed by atoms with E-state index < -0.39 is 5.82 Å². The van der Waals surface area contributed by atoms with Crippen molar-refractivity contribution in [1.29, 1.82) is 0 Å². The first-order valence-electron chi connectivity index (χ1n) is 7.29. The van der Waals surface area contributed by atoms with Crippen molar-refractivity contribution >= 4 is 5.91 Å². The summed E-state index contributed by atoms with van der Waals surface area (Å²) in [5.74, 6) is -0.719. The minimum absolute atomic E-state index is 0.0163. The largest absolute Gasteiger partial charge is 0.464 e. The van der Waals surface area contributed by atoms with Crippen LogP contribution in [0, 0.1) is 12.7 Å². The molecule has 124 valence electrons. The highest BCUT2D eigenvalue weighted by Gasteiger charge is 2.14. The van der Waals surface area contributed by atoms with Crippen LogP contribution in [0.1, 0.15) is 28.7 Å². The maximum absolute atomic E-state index is 14.3. The van der Waals surface area contributed by atoms with E-state index in [4.69, 9.17) is 9.47 Å². The first-order chi connectivity index (χ1) is 11.0. The summed E-state index contributed by atoms with van der Waals surface area (Å²) < 4.78 is 26.0. The zero-order valence-corrected chi connectivity index (χ0v) is 13.4. The average molecular weight is 321 g/mol. The molecule has 0 radical (unpaired) electrons. The summed E-state index contributed by atoms with van der Waals surface area (Å²) in [5.41, 5.74) is 1.51. The standard InChI is InChI=1S/C16H20FN3O3/c1-4-22-10-23-14-7-5-6-12(15(14)17)9-18-16(21)13-8-11(2)19-20(13)3/h5-8H,4,9-10H2,1-3H3,(H,18,21). The van der Waals surface area contributed by atoms with Crippen LogP contribution in [-0.2, 0) is 18.3 Å². The van der Waals surface area contributed by atoms with Crippen LogP contribution in [0.3, 0.4) is 0 Å². The van der Waals surface area contributed by atoms with Gasteiger partial charge in [0.05, 0.1) is 5.69 Å². The van der Waals surface area contributed by atoms with E-state index in [-0.39, 0.29) is 25.0 Å². The number of nitrogens with one attached hydrogen (secondary N) is 1. The number of amides is 1. The van der Waals surface area contributed by atoms with E-state index in [9.17, 15) is 9.18 Å². The van der Waals surface area contributed by atoms with Gasteiger partial charge in [0.25, 0.3) is 5.91 Å². The monoisotopic (exact) mass is 321 g/mol. The van der Waals surface area contributed by atoms with E-state index in [1.54, 1.807) is 32.2 Å². The molecule has 1 N–H and O–H groups in total. The van der Waals surface area contributed by atoms with Gasteiger partial charge >= 0.3 is 0 Å². The summed E-state index contributed by atoms with van der Waals surface area (Å²) in [6, 6.07) is 6.45. The molecule has 0 bridgehead atoms. The lowest BCUT2D eigenvalue weighted by Crippen LogP contribution is -2.25. The Hall–Kier alpha value is -2.41. The maximum atomic E-state index is 14.3. The predicted octanol–water partition coefficient (Wildman–Crippen LogP) is 2.17. The number of aromatic nitrogens is 2. The molecular formula is C16H20FN3O3. The summed E-state index contributed by atoms with van der Waals surface area (Å²) in [4.78, 5) is 12.1. The Kier molecular flexibility index (Phi) is 5.70. The Morgan fingerprint density at radius 2 is 2.22 bits per heavy atom. The molecule has 1 heterocycles. The molecule has 0 aliphatic carbocycles. The van der Waals surface area contributed by atoms with Gasteiger partial charge in [0.2, 0.25) is 0 Å². The van der Waals surface area contributed by atoms with Gasteiger partial charge in [0.15, 0.2) is 18.4 Å². The summed E-state index contributed by atoms with van der Waals surface area (Å²) >= 11 is 0. The van der Waals surface area contributed by atoms with Gasteiger partial charge in [-0.2, -0.15) is 5.10 Å². The third kappa shape index (κ3) is 4.29. The van der Waals surface area contributed by atoms with Crippen LogP contribution in [0.2, 0.25) is 0 Å². The number of nitrogens with zero attached hydrogens (tertiary/aromatic N) is 2. The van der Waals surface area contributed by atoms with Crippen molar-refractivity contribution in [1.82, 2.24) is 15.1 Å². The zero-order chi connectivity index (χ0) is 16.8. The van der Waals surface area contributed by atoms with Crippen molar-refractivity contribution in [3.05, 3.63) is 47.0 Å². The Labute approximate surface area is 134 Å². The van der Waals surface area contributed by atoms with Crippen molar-refractivity contribution in [2.45, 2.75) is 20.4 Å². The van der Waals surface area contributed by atoms with E-state index in [2.05, 4.69) is 10.4 Å². The minimum atomic E-state index is -0.506. The summed E-state index contributed by atoms with van der Waals surface area (Å²) in [6.07, 6.45) is 0. The molecule has 2 aromatic rings. The average Bonchev–Trinajstić information content (AvgIpc) is 2.86. The topological polar surface area (TPSA) is 65.4 Å². The van der Waals surface area contributed by atoms with E-state index in [0.29, 0.717) is 17.9 Å². The van der Waals surface area contributed by atoms with E-state index in [1.807, 2.05) is 6.92 Å². The second-order valence-corrected chi connectivity index (χ2v) is 4.96. The van der Waals surface area contributed by atoms with Crippen LogP contribution >= 0.6 is 0 Å². The highest BCUT2D eigenvalue weighted by atomic mass is 19.1. The van der Waals surface area contributed by atoms with Gasteiger partial charge in [-0.1, -0.05) is 12.1 Å². The number of ether oxygens (including phenoxy) is 2. The molecule has 6 nitrogen and oxygen atoms in total. The fraction of sp³-hybridized carbons (Fsp3) is 0.375. The molecule has 0 saturated heterocycles. The van der Waals surface area contributed by atoms with Crippen LogP contribution in [0.15, 0.2) is 24.3 Å². The van der Waals surface area contributed by atoms with E-state index in [1.165, 1.54) is 10.7 Å². The highest BCUT2D eigenvalue weighted by molar-refractivity contribution is 5.92. The lowest BCUT2D eigenvalue weighted by Gasteiger charge is -2.11. The zero-order valence-electron chi connectivity index (χ0n) is 13.4. The molecule has 1 aromatic carbocycles. The van der Waals surface area contributed by atoms with Crippen molar-refractivity contribution in [3.8, 4) is 5.75 Å². The van der Waals surface area contributed by atoms with Crippen LogP contribution in [-0.4, -0.2) is 29.1 Å². The second kappa shape index (κ2) is 7.73. The third-order valence-corrected chi connectivity index (χ3v) is 3.22. The smallest absolute Gasteiger partial charge is 0.269 e. The molecule has 2 rings (SSSR count). The van der Waals surface area contributed by atoms with Crippen molar-refractivity contribution in [2.75, 3.05) is 13.4 Å². The number of aryl methyl sites for hydroxylation is 2. The number of hydrogen-bond acceptors (Lipinski definition) is 4. The van der Waals surface area contributed by atoms with Gasteiger partial charge in [0, 0.05) is 25.8 Å². The van der Waals surface area contributed by atoms with Gasteiger partial charge < -0.3 is 14.8 Å². The maximum Gasteiger partial charge on any atom is 0.269 e. The Morgan fingerprint density at radius 3 is 2.87 bits per heavy atom. The highest BCUT2D eigenvalue weighted by Crippen LogP contribution is 2.20. The molecule has 0 spiro atoms. The molecular weight excluding hydrogens is 301 g/mol. The third-order valence-electron chi connectivity index (χ3n) is 3.22. The molecule has 7 heteroatoms. The van der Waals surface area contributed by atoms with Gasteiger partial charge in [0.1, 0.15) is 5.69 Å². The Morgan fingerprint density at radius 1 is 1.43 bits per heavy atom. The van der Waals surface area contributed by atoms with Gasteiger partial charge in [-0.05, 0) is 26.0 Å². The van der Waals surface area contributed by atoms with Crippen molar-refractivity contribution < 1.29 is 18.7 Å². The lowest BCUT2D eigenvalue weighted by molar-refractivity contribution is 0.0200. The number of halogens is 1. The molecule has 0 aliphatic rings. The molecule has 0 atom stereocenters. The predicted molar refractivity (Wildman–Crippen MR) is 82.6 cm³/mol. The molecule has 0 aliphatic heterocycles. The molecule has 1 amide bonds. The number of hydrogen-bond donors (Lipinski definition) is 1. The fourth-order valence-corrected chi connectivity index (χ4v) is 2.08. The van der Waals surface area contributed by atoms with Crippen LogP contribution < -0.4 is 10.1 Å². The van der Waals surface area contributed by atoms with Crippen molar-refractivity contribution in [3.63, 3.8) is 0 Å². The second-order valence-electron chi connectivity index (χ2n) is 4.96. The minimum Gasteiger partial charge on any atom is -0.464 e. The first-order valence-corrected chi connectivity index (χ1v) is 7.29. The Balaban J connectivity index is 2.01. The molecule has 0 saturated carbocycles. The number of rotatable bonds is 7. The van der Waals surface area contributed by atoms with E-state index in [0.717, 1.165) is 5.69 Å². The molecule has 0 unspecified atom stereocenters. The van der Waals surface area contributed by atoms with Crippen LogP contribution in [0.25, 0.3) is 0 Å². The summed E-state index contributed by atoms with van der Waals surface area (Å²) in [6.45, 7) is 4.15. The normalized spacial score (nSPS) is 10.6. The summed E-state index contributed by atoms with van der Waals surface area (Å²) in [7, 11) is 1.69. The number of benzene rings is 1. The quantitative estimate of drug-likeness (QED) is 0.627. The van der Waals surface area contributed by atoms with Gasteiger partial charge in [-0.25, -0.2) is 4.39 Å². The molecule has 0 fully saturated rings. The summed E-state index contributed by atoms with van der Waals surface area (Å²) in [5, 5.41) is 6.79. The molecule has 1 aromatic heterocycles. The van der Waals surface area contributed by atoms with Gasteiger partial charge in [-0.15, -0.1) is 0 Å². The number of carbonyl (C=O) groups excluding carboxylic acids is 1. The Bertz CT molecular complexity index is 685. The lowest BCUT2D eigenvalue weighted by atomic mass is 10.2. The number of carbonyl (C=O) groups is 1.